The van der Waals surface area contributed by atoms with E-state index in [1.54, 1.807) is 0 Å². The van der Waals surface area contributed by atoms with Crippen molar-refractivity contribution in [3.05, 3.63) is 0 Å². The highest BCUT2D eigenvalue weighted by Gasteiger charge is 2.39. The third-order valence-corrected chi connectivity index (χ3v) is 3.20. The fraction of sp³-hybridized carbons (Fsp3) is 1.00. The number of nitrogens with two attached hydrogens (primary N) is 1. The SMILES string of the molecule is CCCC(C)CC(O)(CN)C(C)(C)C. The van der Waals surface area contributed by atoms with Crippen LogP contribution < -0.4 is 5.73 Å². The van der Waals surface area contributed by atoms with Crippen LogP contribution >= 0.6 is 0 Å². The number of hydrogen-bond donors (Lipinski definition) is 2. The van der Waals surface area contributed by atoms with Gasteiger partial charge in [-0.2, -0.15) is 0 Å². The van der Waals surface area contributed by atoms with Crippen molar-refractivity contribution in [1.82, 2.24) is 0 Å². The van der Waals surface area contributed by atoms with Crippen molar-refractivity contribution in [3.63, 3.8) is 0 Å². The highest BCUT2D eigenvalue weighted by molar-refractivity contribution is 4.92. The third-order valence-electron chi connectivity index (χ3n) is 3.20. The van der Waals surface area contributed by atoms with Crippen molar-refractivity contribution in [2.75, 3.05) is 6.54 Å². The summed E-state index contributed by atoms with van der Waals surface area (Å²) in [4.78, 5) is 0. The molecule has 0 aromatic rings. The van der Waals surface area contributed by atoms with Crippen LogP contribution in [0, 0.1) is 11.3 Å². The van der Waals surface area contributed by atoms with Crippen molar-refractivity contribution >= 4 is 0 Å². The van der Waals surface area contributed by atoms with Crippen LogP contribution in [0.1, 0.15) is 53.9 Å². The average Bonchev–Trinajstić information content (AvgIpc) is 2.02. The monoisotopic (exact) mass is 201 g/mol. The van der Waals surface area contributed by atoms with E-state index < -0.39 is 5.60 Å². The molecule has 2 unspecified atom stereocenters. The van der Waals surface area contributed by atoms with Gasteiger partial charge in [-0.05, 0) is 17.8 Å². The van der Waals surface area contributed by atoms with Gasteiger partial charge >= 0.3 is 0 Å². The molecule has 0 bridgehead atoms. The molecule has 0 amide bonds. The highest BCUT2D eigenvalue weighted by Crippen LogP contribution is 2.35. The van der Waals surface area contributed by atoms with Gasteiger partial charge in [0.15, 0.2) is 0 Å². The standard InChI is InChI=1S/C12H27NO/c1-6-7-10(2)8-12(14,9-13)11(3,4)5/h10,14H,6-9,13H2,1-5H3. The van der Waals surface area contributed by atoms with E-state index in [4.69, 9.17) is 5.73 Å². The maximum absolute atomic E-state index is 10.4. The molecular weight excluding hydrogens is 174 g/mol. The van der Waals surface area contributed by atoms with Gasteiger partial charge in [0.1, 0.15) is 0 Å². The third kappa shape index (κ3) is 3.58. The van der Waals surface area contributed by atoms with Gasteiger partial charge in [0.2, 0.25) is 0 Å². The molecule has 0 aliphatic heterocycles. The van der Waals surface area contributed by atoms with E-state index in [0.29, 0.717) is 12.5 Å². The first kappa shape index (κ1) is 13.9. The topological polar surface area (TPSA) is 46.2 Å². The second-order valence-electron chi connectivity index (χ2n) is 5.58. The molecule has 0 saturated heterocycles. The lowest BCUT2D eigenvalue weighted by molar-refractivity contribution is -0.0668. The number of aliphatic hydroxyl groups is 1. The van der Waals surface area contributed by atoms with Crippen LogP contribution in [0.25, 0.3) is 0 Å². The summed E-state index contributed by atoms with van der Waals surface area (Å²) in [5.74, 6) is 0.549. The quantitative estimate of drug-likeness (QED) is 0.718. The molecule has 0 spiro atoms. The van der Waals surface area contributed by atoms with Crippen LogP contribution in [-0.2, 0) is 0 Å². The molecule has 0 heterocycles. The zero-order valence-corrected chi connectivity index (χ0v) is 10.4. The Bertz CT molecular complexity index is 162. The first-order chi connectivity index (χ1) is 6.27. The summed E-state index contributed by atoms with van der Waals surface area (Å²) >= 11 is 0. The lowest BCUT2D eigenvalue weighted by Gasteiger charge is -2.41. The fourth-order valence-electron chi connectivity index (χ4n) is 1.87. The highest BCUT2D eigenvalue weighted by atomic mass is 16.3. The van der Waals surface area contributed by atoms with E-state index in [9.17, 15) is 5.11 Å². The summed E-state index contributed by atoms with van der Waals surface area (Å²) in [6, 6.07) is 0. The molecule has 2 atom stereocenters. The first-order valence-electron chi connectivity index (χ1n) is 5.69. The van der Waals surface area contributed by atoms with Gasteiger partial charge in [0.25, 0.3) is 0 Å². The van der Waals surface area contributed by atoms with Gasteiger partial charge in [0.05, 0.1) is 5.60 Å². The Morgan fingerprint density at radius 2 is 1.79 bits per heavy atom. The molecular formula is C12H27NO. The minimum Gasteiger partial charge on any atom is -0.388 e. The smallest absolute Gasteiger partial charge is 0.0819 e. The molecule has 14 heavy (non-hydrogen) atoms. The second kappa shape index (κ2) is 5.13. The van der Waals surface area contributed by atoms with Crippen molar-refractivity contribution in [1.29, 1.82) is 0 Å². The van der Waals surface area contributed by atoms with E-state index in [2.05, 4.69) is 34.6 Å². The fourth-order valence-corrected chi connectivity index (χ4v) is 1.87. The lowest BCUT2D eigenvalue weighted by atomic mass is 9.71. The van der Waals surface area contributed by atoms with E-state index in [1.165, 1.54) is 12.8 Å². The van der Waals surface area contributed by atoms with E-state index in [0.717, 1.165) is 6.42 Å². The van der Waals surface area contributed by atoms with Gasteiger partial charge in [-0.25, -0.2) is 0 Å². The van der Waals surface area contributed by atoms with Crippen LogP contribution in [0.4, 0.5) is 0 Å². The van der Waals surface area contributed by atoms with Crippen LogP contribution in [0.3, 0.4) is 0 Å². The lowest BCUT2D eigenvalue weighted by Crippen LogP contribution is -2.50. The van der Waals surface area contributed by atoms with Gasteiger partial charge in [-0.3, -0.25) is 0 Å². The van der Waals surface area contributed by atoms with Crippen molar-refractivity contribution in [3.8, 4) is 0 Å². The molecule has 3 N–H and O–H groups in total. The second-order valence-corrected chi connectivity index (χ2v) is 5.58. The molecule has 2 nitrogen and oxygen atoms in total. The largest absolute Gasteiger partial charge is 0.388 e. The average molecular weight is 201 g/mol. The molecule has 0 aliphatic carbocycles. The van der Waals surface area contributed by atoms with Gasteiger partial charge in [-0.1, -0.05) is 47.5 Å². The van der Waals surface area contributed by atoms with Crippen molar-refractivity contribution in [2.24, 2.45) is 17.1 Å². The summed E-state index contributed by atoms with van der Waals surface area (Å²) in [6.45, 7) is 10.9. The Morgan fingerprint density at radius 1 is 1.29 bits per heavy atom. The molecule has 0 rings (SSSR count). The summed E-state index contributed by atoms with van der Waals surface area (Å²) in [7, 11) is 0. The molecule has 86 valence electrons. The summed E-state index contributed by atoms with van der Waals surface area (Å²) in [5, 5.41) is 10.4. The first-order valence-corrected chi connectivity index (χ1v) is 5.69. The normalized spacial score (nSPS) is 19.1. The molecule has 0 fully saturated rings. The van der Waals surface area contributed by atoms with Crippen LogP contribution in [0.15, 0.2) is 0 Å². The number of rotatable bonds is 5. The van der Waals surface area contributed by atoms with E-state index in [-0.39, 0.29) is 5.41 Å². The zero-order valence-electron chi connectivity index (χ0n) is 10.4. The molecule has 0 aromatic heterocycles. The minimum atomic E-state index is -0.721. The molecule has 0 saturated carbocycles. The molecule has 0 aliphatic rings. The predicted molar refractivity (Wildman–Crippen MR) is 62.1 cm³/mol. The van der Waals surface area contributed by atoms with Crippen LogP contribution in [-0.4, -0.2) is 17.3 Å². The number of hydrogen-bond acceptors (Lipinski definition) is 2. The van der Waals surface area contributed by atoms with Crippen molar-refractivity contribution in [2.45, 2.75) is 59.5 Å². The molecule has 0 aromatic carbocycles. The zero-order chi connectivity index (χ0) is 11.4. The van der Waals surface area contributed by atoms with Crippen LogP contribution in [0.5, 0.6) is 0 Å². The molecule has 0 radical (unpaired) electrons. The van der Waals surface area contributed by atoms with Gasteiger partial charge < -0.3 is 10.8 Å². The minimum absolute atomic E-state index is 0.135. The Kier molecular flexibility index (Phi) is 5.10. The maximum atomic E-state index is 10.4. The molecule has 2 heteroatoms. The maximum Gasteiger partial charge on any atom is 0.0819 e. The van der Waals surface area contributed by atoms with Crippen molar-refractivity contribution < 1.29 is 5.11 Å². The predicted octanol–water partition coefficient (Wildman–Crippen LogP) is 2.55. The Hall–Kier alpha value is -0.0800. The van der Waals surface area contributed by atoms with Gasteiger partial charge in [-0.15, -0.1) is 0 Å². The Balaban J connectivity index is 4.40. The van der Waals surface area contributed by atoms with Crippen LogP contribution in [0.2, 0.25) is 0 Å². The van der Waals surface area contributed by atoms with E-state index >= 15 is 0 Å². The van der Waals surface area contributed by atoms with Gasteiger partial charge in [0, 0.05) is 6.54 Å². The summed E-state index contributed by atoms with van der Waals surface area (Å²) in [5.41, 5.74) is 4.83. The Morgan fingerprint density at radius 3 is 2.07 bits per heavy atom. The Labute approximate surface area is 88.9 Å². The van der Waals surface area contributed by atoms with E-state index in [1.807, 2.05) is 0 Å². The summed E-state index contributed by atoms with van der Waals surface area (Å²) in [6.07, 6.45) is 3.14. The summed E-state index contributed by atoms with van der Waals surface area (Å²) < 4.78 is 0.